The Morgan fingerprint density at radius 2 is 1.80 bits per heavy atom. The first-order chi connectivity index (χ1) is 7.21. The summed E-state index contributed by atoms with van der Waals surface area (Å²) in [6, 6.07) is 9.07. The van der Waals surface area contributed by atoms with E-state index in [4.69, 9.17) is 10.5 Å². The summed E-state index contributed by atoms with van der Waals surface area (Å²) in [6.07, 6.45) is 3.50. The highest BCUT2D eigenvalue weighted by atomic mass is 16.5. The molecule has 3 nitrogen and oxygen atoms in total. The Hall–Kier alpha value is -1.35. The largest absolute Gasteiger partial charge is 0.425 e. The van der Waals surface area contributed by atoms with Crippen LogP contribution in [-0.2, 0) is 4.79 Å². The van der Waals surface area contributed by atoms with Gasteiger partial charge in [0.2, 0.25) is 0 Å². The summed E-state index contributed by atoms with van der Waals surface area (Å²) < 4.78 is 5.24. The van der Waals surface area contributed by atoms with Gasteiger partial charge < -0.3 is 10.5 Å². The number of carbonyl (C=O) groups excluding carboxylic acids is 1. The minimum Gasteiger partial charge on any atom is -0.425 e. The third kappa shape index (κ3) is 2.18. The van der Waals surface area contributed by atoms with Crippen molar-refractivity contribution in [1.82, 2.24) is 0 Å². The van der Waals surface area contributed by atoms with Crippen LogP contribution < -0.4 is 10.5 Å². The predicted octanol–water partition coefficient (Wildman–Crippen LogP) is 1.86. The number of hydrogen-bond donors (Lipinski definition) is 1. The van der Waals surface area contributed by atoms with Crippen LogP contribution in [-0.4, -0.2) is 11.5 Å². The molecule has 0 heterocycles. The fraction of sp³-hybridized carbons (Fsp3) is 0.417. The Kier molecular flexibility index (Phi) is 2.73. The number of rotatable bonds is 2. The number of para-hydroxylation sites is 1. The molecule has 1 aliphatic rings. The van der Waals surface area contributed by atoms with Gasteiger partial charge in [0.05, 0.1) is 0 Å². The summed E-state index contributed by atoms with van der Waals surface area (Å²) in [5.41, 5.74) is 5.22. The van der Waals surface area contributed by atoms with E-state index >= 15 is 0 Å². The summed E-state index contributed by atoms with van der Waals surface area (Å²) in [5, 5.41) is 0. The van der Waals surface area contributed by atoms with E-state index in [0.717, 1.165) is 25.7 Å². The van der Waals surface area contributed by atoms with E-state index in [2.05, 4.69) is 0 Å². The second-order valence-electron chi connectivity index (χ2n) is 4.07. The van der Waals surface area contributed by atoms with E-state index in [0.29, 0.717) is 5.75 Å². The van der Waals surface area contributed by atoms with Crippen molar-refractivity contribution < 1.29 is 9.53 Å². The zero-order valence-electron chi connectivity index (χ0n) is 8.61. The Balaban J connectivity index is 2.04. The van der Waals surface area contributed by atoms with Crippen LogP contribution >= 0.6 is 0 Å². The van der Waals surface area contributed by atoms with Crippen molar-refractivity contribution in [2.75, 3.05) is 0 Å². The lowest BCUT2D eigenvalue weighted by Crippen LogP contribution is -2.47. The number of ether oxygens (including phenoxy) is 1. The Morgan fingerprint density at radius 3 is 2.40 bits per heavy atom. The summed E-state index contributed by atoms with van der Waals surface area (Å²) in [5.74, 6) is 0.269. The van der Waals surface area contributed by atoms with Crippen molar-refractivity contribution in [3.05, 3.63) is 30.3 Å². The van der Waals surface area contributed by atoms with E-state index < -0.39 is 5.54 Å². The Morgan fingerprint density at radius 1 is 1.20 bits per heavy atom. The first kappa shape index (κ1) is 10.2. The number of nitrogens with two attached hydrogens (primary N) is 1. The molecule has 0 spiro atoms. The molecule has 0 atom stereocenters. The molecule has 1 saturated carbocycles. The molecule has 1 aromatic carbocycles. The molecule has 2 N–H and O–H groups in total. The molecule has 2 rings (SSSR count). The number of esters is 1. The molecule has 80 valence electrons. The SMILES string of the molecule is NC1(C(=O)Oc2ccccc2)CCCC1. The van der Waals surface area contributed by atoms with E-state index in [1.807, 2.05) is 18.2 Å². The molecule has 1 aliphatic carbocycles. The van der Waals surface area contributed by atoms with Crippen LogP contribution in [0.15, 0.2) is 30.3 Å². The van der Waals surface area contributed by atoms with Crippen molar-refractivity contribution >= 4 is 5.97 Å². The molecule has 1 aromatic rings. The molecule has 0 radical (unpaired) electrons. The highest BCUT2D eigenvalue weighted by Gasteiger charge is 2.38. The molecule has 0 bridgehead atoms. The number of benzene rings is 1. The van der Waals surface area contributed by atoms with Crippen molar-refractivity contribution in [3.63, 3.8) is 0 Å². The maximum absolute atomic E-state index is 11.8. The summed E-state index contributed by atoms with van der Waals surface area (Å²) >= 11 is 0. The normalized spacial score (nSPS) is 18.7. The zero-order valence-corrected chi connectivity index (χ0v) is 8.61. The summed E-state index contributed by atoms with van der Waals surface area (Å²) in [4.78, 5) is 11.8. The van der Waals surface area contributed by atoms with Crippen LogP contribution in [0.25, 0.3) is 0 Å². The van der Waals surface area contributed by atoms with Gasteiger partial charge in [-0.15, -0.1) is 0 Å². The van der Waals surface area contributed by atoms with Crippen molar-refractivity contribution in [3.8, 4) is 5.75 Å². The lowest BCUT2D eigenvalue weighted by Gasteiger charge is -2.20. The number of hydrogen-bond acceptors (Lipinski definition) is 3. The topological polar surface area (TPSA) is 52.3 Å². The van der Waals surface area contributed by atoms with Crippen molar-refractivity contribution in [2.45, 2.75) is 31.2 Å². The molecule has 1 fully saturated rings. The fourth-order valence-electron chi connectivity index (χ4n) is 1.91. The number of carbonyl (C=O) groups is 1. The van der Waals surface area contributed by atoms with Gasteiger partial charge in [-0.2, -0.15) is 0 Å². The molecule has 0 aliphatic heterocycles. The maximum atomic E-state index is 11.8. The lowest BCUT2D eigenvalue weighted by molar-refractivity contribution is -0.140. The third-order valence-corrected chi connectivity index (χ3v) is 2.86. The van der Waals surface area contributed by atoms with Gasteiger partial charge >= 0.3 is 5.97 Å². The van der Waals surface area contributed by atoms with Gasteiger partial charge in [-0.3, -0.25) is 0 Å². The average molecular weight is 205 g/mol. The van der Waals surface area contributed by atoms with Crippen LogP contribution in [0.5, 0.6) is 5.75 Å². The van der Waals surface area contributed by atoms with Crippen LogP contribution in [0, 0.1) is 0 Å². The molecule has 0 aromatic heterocycles. The van der Waals surface area contributed by atoms with E-state index in [1.54, 1.807) is 12.1 Å². The third-order valence-electron chi connectivity index (χ3n) is 2.86. The first-order valence-corrected chi connectivity index (χ1v) is 5.27. The Labute approximate surface area is 89.2 Å². The molecule has 3 heteroatoms. The van der Waals surface area contributed by atoms with E-state index in [9.17, 15) is 4.79 Å². The van der Waals surface area contributed by atoms with Gasteiger partial charge in [-0.05, 0) is 25.0 Å². The van der Waals surface area contributed by atoms with Gasteiger partial charge in [0, 0.05) is 0 Å². The van der Waals surface area contributed by atoms with Gasteiger partial charge in [0.1, 0.15) is 11.3 Å². The Bertz CT molecular complexity index is 342. The minimum absolute atomic E-state index is 0.300. The first-order valence-electron chi connectivity index (χ1n) is 5.27. The highest BCUT2D eigenvalue weighted by Crippen LogP contribution is 2.28. The quantitative estimate of drug-likeness (QED) is 0.592. The predicted molar refractivity (Wildman–Crippen MR) is 57.5 cm³/mol. The lowest BCUT2D eigenvalue weighted by atomic mass is 10.00. The van der Waals surface area contributed by atoms with Gasteiger partial charge in [0.15, 0.2) is 0 Å². The average Bonchev–Trinajstić information content (AvgIpc) is 2.68. The molecular formula is C12H15NO2. The molecule has 0 unspecified atom stereocenters. The molecule has 0 saturated heterocycles. The van der Waals surface area contributed by atoms with Gasteiger partial charge in [-0.25, -0.2) is 4.79 Å². The highest BCUT2D eigenvalue weighted by molar-refractivity contribution is 5.83. The van der Waals surface area contributed by atoms with E-state index in [1.165, 1.54) is 0 Å². The minimum atomic E-state index is -0.754. The molecule has 15 heavy (non-hydrogen) atoms. The summed E-state index contributed by atoms with van der Waals surface area (Å²) in [7, 11) is 0. The molecule has 0 amide bonds. The monoisotopic (exact) mass is 205 g/mol. The van der Waals surface area contributed by atoms with E-state index in [-0.39, 0.29) is 5.97 Å². The van der Waals surface area contributed by atoms with Crippen LogP contribution in [0.3, 0.4) is 0 Å². The zero-order chi connectivity index (χ0) is 10.7. The second-order valence-corrected chi connectivity index (χ2v) is 4.07. The fourth-order valence-corrected chi connectivity index (χ4v) is 1.91. The second kappa shape index (κ2) is 4.03. The van der Waals surface area contributed by atoms with Crippen LogP contribution in [0.2, 0.25) is 0 Å². The standard InChI is InChI=1S/C12H15NO2/c13-12(8-4-5-9-12)11(14)15-10-6-2-1-3-7-10/h1-3,6-7H,4-5,8-9,13H2. The summed E-state index contributed by atoms with van der Waals surface area (Å²) in [6.45, 7) is 0. The van der Waals surface area contributed by atoms with Crippen molar-refractivity contribution in [2.24, 2.45) is 5.73 Å². The molecular weight excluding hydrogens is 190 g/mol. The smallest absolute Gasteiger partial charge is 0.331 e. The maximum Gasteiger partial charge on any atom is 0.331 e. The van der Waals surface area contributed by atoms with Gasteiger partial charge in [0.25, 0.3) is 0 Å². The van der Waals surface area contributed by atoms with Crippen molar-refractivity contribution in [1.29, 1.82) is 0 Å². The van der Waals surface area contributed by atoms with Crippen LogP contribution in [0.4, 0.5) is 0 Å². The van der Waals surface area contributed by atoms with Gasteiger partial charge in [-0.1, -0.05) is 31.0 Å². The van der Waals surface area contributed by atoms with Crippen LogP contribution in [0.1, 0.15) is 25.7 Å².